The molecule has 1 aliphatic carbocycles. The zero-order chi connectivity index (χ0) is 25.4. The van der Waals surface area contributed by atoms with Crippen LogP contribution in [0.4, 0.5) is 23.1 Å². The number of aryl methyl sites for hydroxylation is 1. The van der Waals surface area contributed by atoms with Crippen molar-refractivity contribution >= 4 is 44.6 Å². The van der Waals surface area contributed by atoms with Gasteiger partial charge in [0, 0.05) is 5.56 Å². The number of rotatable bonds is 7. The molecule has 2 heterocycles. The topological polar surface area (TPSA) is 102 Å². The smallest absolute Gasteiger partial charge is 0.229 e. The van der Waals surface area contributed by atoms with E-state index in [0.717, 1.165) is 24.2 Å². The van der Waals surface area contributed by atoms with Crippen LogP contribution in [0.3, 0.4) is 0 Å². The van der Waals surface area contributed by atoms with E-state index in [1.165, 1.54) is 18.2 Å². The molecule has 2 aliphatic rings. The Morgan fingerprint density at radius 2 is 1.78 bits per heavy atom. The number of nitrogens with one attached hydrogen (secondary N) is 2. The molecule has 0 saturated heterocycles. The van der Waals surface area contributed by atoms with Crippen molar-refractivity contribution in [3.63, 3.8) is 0 Å². The summed E-state index contributed by atoms with van der Waals surface area (Å²) in [6, 6.07) is 8.74. The zero-order valence-corrected chi connectivity index (χ0v) is 22.0. The van der Waals surface area contributed by atoms with Crippen LogP contribution in [0.15, 0.2) is 41.4 Å². The summed E-state index contributed by atoms with van der Waals surface area (Å²) in [7, 11) is -3.52. The van der Waals surface area contributed by atoms with Gasteiger partial charge in [0.25, 0.3) is 0 Å². The highest BCUT2D eigenvalue weighted by Gasteiger charge is 2.30. The lowest BCUT2D eigenvalue weighted by Crippen LogP contribution is -2.21. The van der Waals surface area contributed by atoms with Gasteiger partial charge in [0.1, 0.15) is 18.2 Å². The quantitative estimate of drug-likeness (QED) is 0.376. The zero-order valence-electron chi connectivity index (χ0n) is 20.5. The monoisotopic (exact) mass is 528 g/mol. The highest BCUT2D eigenvalue weighted by atomic mass is 35.5. The molecule has 0 spiro atoms. The molecule has 8 nitrogen and oxygen atoms in total. The van der Waals surface area contributed by atoms with E-state index in [4.69, 9.17) is 21.1 Å². The molecule has 3 aromatic rings. The molecule has 0 radical (unpaired) electrons. The number of benzene rings is 2. The third-order valence-electron chi connectivity index (χ3n) is 6.63. The number of ether oxygens (including phenoxy) is 2. The van der Waals surface area contributed by atoms with Gasteiger partial charge in [-0.05, 0) is 63.3 Å². The van der Waals surface area contributed by atoms with Crippen molar-refractivity contribution in [2.45, 2.75) is 56.1 Å². The van der Waals surface area contributed by atoms with Gasteiger partial charge in [0.15, 0.2) is 27.2 Å². The van der Waals surface area contributed by atoms with Gasteiger partial charge >= 0.3 is 0 Å². The lowest BCUT2D eigenvalue weighted by atomic mass is 9.77. The molecule has 1 fully saturated rings. The molecular weight excluding hydrogens is 500 g/mol. The molecule has 1 aromatic heterocycles. The van der Waals surface area contributed by atoms with Gasteiger partial charge in [-0.2, -0.15) is 4.98 Å². The first-order valence-electron chi connectivity index (χ1n) is 12.1. The summed E-state index contributed by atoms with van der Waals surface area (Å²) in [6.07, 6.45) is 5.02. The predicted molar refractivity (Wildman–Crippen MR) is 141 cm³/mol. The molecule has 0 atom stereocenters. The molecule has 1 saturated carbocycles. The molecule has 2 aromatic carbocycles. The second-order valence-corrected chi connectivity index (χ2v) is 12.2. The molecule has 0 amide bonds. The van der Waals surface area contributed by atoms with Gasteiger partial charge in [0.05, 0.1) is 27.7 Å². The number of nitrogens with zero attached hydrogens (tertiary/aromatic N) is 2. The van der Waals surface area contributed by atoms with E-state index in [2.05, 4.69) is 27.5 Å². The van der Waals surface area contributed by atoms with Crippen LogP contribution in [0, 0.1) is 6.92 Å². The number of sulfone groups is 1. The van der Waals surface area contributed by atoms with Gasteiger partial charge in [-0.1, -0.05) is 30.2 Å². The minimum Gasteiger partial charge on any atom is -0.486 e. The van der Waals surface area contributed by atoms with Gasteiger partial charge < -0.3 is 20.1 Å². The highest BCUT2D eigenvalue weighted by molar-refractivity contribution is 7.92. The number of anilines is 4. The van der Waals surface area contributed by atoms with Crippen LogP contribution < -0.4 is 20.1 Å². The number of hydrogen-bond acceptors (Lipinski definition) is 8. The van der Waals surface area contributed by atoms with Crippen LogP contribution in [-0.4, -0.2) is 36.8 Å². The van der Waals surface area contributed by atoms with E-state index >= 15 is 0 Å². The van der Waals surface area contributed by atoms with Crippen molar-refractivity contribution in [3.8, 4) is 11.5 Å². The first kappa shape index (κ1) is 24.6. The molecule has 5 rings (SSSR count). The maximum absolute atomic E-state index is 12.9. The number of aromatic nitrogens is 2. The van der Waals surface area contributed by atoms with Crippen LogP contribution in [0.1, 0.15) is 50.2 Å². The van der Waals surface area contributed by atoms with E-state index < -0.39 is 15.1 Å². The molecule has 10 heteroatoms. The van der Waals surface area contributed by atoms with Gasteiger partial charge in [0.2, 0.25) is 5.95 Å². The summed E-state index contributed by atoms with van der Waals surface area (Å²) in [5, 5.41) is 6.02. The van der Waals surface area contributed by atoms with Crippen LogP contribution in [0.25, 0.3) is 0 Å². The predicted octanol–water partition coefficient (Wildman–Crippen LogP) is 6.15. The number of halogens is 1. The van der Waals surface area contributed by atoms with Crippen LogP contribution >= 0.6 is 11.6 Å². The Morgan fingerprint density at radius 1 is 1.06 bits per heavy atom. The molecule has 2 N–H and O–H groups in total. The minimum absolute atomic E-state index is 0.186. The van der Waals surface area contributed by atoms with Crippen LogP contribution in [0.2, 0.25) is 5.02 Å². The maximum atomic E-state index is 12.9. The Bertz CT molecular complexity index is 1410. The van der Waals surface area contributed by atoms with E-state index in [1.807, 2.05) is 6.07 Å². The standard InChI is InChI=1S/C26H29ClN4O4S/c1-15(2)36(32,33)21-10-5-4-9-19(21)29-25-18(27)14-28-26(31-25)30-20-13-16(3)22(17-7-6-8-17)24-23(20)34-11-12-35-24/h4-5,9-10,13-15,17H,6-8,11-12H2,1-3H3,(H2,28,29,30,31). The van der Waals surface area contributed by atoms with Crippen molar-refractivity contribution in [2.24, 2.45) is 0 Å². The fourth-order valence-corrected chi connectivity index (χ4v) is 5.83. The first-order chi connectivity index (χ1) is 17.3. The summed E-state index contributed by atoms with van der Waals surface area (Å²) in [5.74, 6) is 2.54. The highest BCUT2D eigenvalue weighted by Crippen LogP contribution is 2.50. The van der Waals surface area contributed by atoms with Crippen LogP contribution in [-0.2, 0) is 9.84 Å². The Labute approximate surface area is 216 Å². The third kappa shape index (κ3) is 4.57. The van der Waals surface area contributed by atoms with Crippen molar-refractivity contribution in [3.05, 3.63) is 52.7 Å². The largest absolute Gasteiger partial charge is 0.486 e. The fourth-order valence-electron chi connectivity index (χ4n) is 4.49. The first-order valence-corrected chi connectivity index (χ1v) is 14.0. The number of para-hydroxylation sites is 1. The average Bonchev–Trinajstić information content (AvgIpc) is 2.82. The summed E-state index contributed by atoms with van der Waals surface area (Å²) in [4.78, 5) is 9.05. The summed E-state index contributed by atoms with van der Waals surface area (Å²) < 4.78 is 37.8. The molecule has 36 heavy (non-hydrogen) atoms. The molecule has 190 valence electrons. The molecule has 0 unspecified atom stereocenters. The fraction of sp³-hybridized carbons (Fsp3) is 0.385. The number of hydrogen-bond donors (Lipinski definition) is 2. The maximum Gasteiger partial charge on any atom is 0.229 e. The average molecular weight is 529 g/mol. The minimum atomic E-state index is -3.52. The van der Waals surface area contributed by atoms with Crippen molar-refractivity contribution in [1.82, 2.24) is 9.97 Å². The lowest BCUT2D eigenvalue weighted by Gasteiger charge is -2.32. The van der Waals surface area contributed by atoms with Crippen molar-refractivity contribution in [2.75, 3.05) is 23.8 Å². The van der Waals surface area contributed by atoms with E-state index in [-0.39, 0.29) is 15.7 Å². The lowest BCUT2D eigenvalue weighted by molar-refractivity contribution is 0.168. The molecular formula is C26H29ClN4O4S. The third-order valence-corrected chi connectivity index (χ3v) is 9.12. The SMILES string of the molecule is Cc1cc(Nc2ncc(Cl)c(Nc3ccccc3S(=O)(=O)C(C)C)n2)c2c(c1C1CCC1)OCCO2. The normalized spacial score (nSPS) is 15.5. The summed E-state index contributed by atoms with van der Waals surface area (Å²) in [5.41, 5.74) is 3.46. The Kier molecular flexibility index (Phi) is 6.70. The Balaban J connectivity index is 1.48. The number of fused-ring (bicyclic) bond motifs is 1. The Hall–Kier alpha value is -3.04. The molecule has 0 bridgehead atoms. The van der Waals surface area contributed by atoms with E-state index in [9.17, 15) is 8.42 Å². The Morgan fingerprint density at radius 3 is 2.47 bits per heavy atom. The van der Waals surface area contributed by atoms with Crippen molar-refractivity contribution < 1.29 is 17.9 Å². The summed E-state index contributed by atoms with van der Waals surface area (Å²) >= 11 is 6.39. The second-order valence-electron chi connectivity index (χ2n) is 9.37. The van der Waals surface area contributed by atoms with Gasteiger partial charge in [-0.3, -0.25) is 0 Å². The van der Waals surface area contributed by atoms with E-state index in [1.54, 1.807) is 38.1 Å². The molecule has 1 aliphatic heterocycles. The summed E-state index contributed by atoms with van der Waals surface area (Å²) in [6.45, 7) is 6.36. The van der Waals surface area contributed by atoms with E-state index in [0.29, 0.717) is 42.2 Å². The van der Waals surface area contributed by atoms with Gasteiger partial charge in [-0.25, -0.2) is 13.4 Å². The van der Waals surface area contributed by atoms with Gasteiger partial charge in [-0.15, -0.1) is 0 Å². The second kappa shape index (κ2) is 9.78. The van der Waals surface area contributed by atoms with Crippen molar-refractivity contribution in [1.29, 1.82) is 0 Å². The van der Waals surface area contributed by atoms with Crippen LogP contribution in [0.5, 0.6) is 11.5 Å².